The van der Waals surface area contributed by atoms with Crippen LogP contribution in [0.1, 0.15) is 18.4 Å². The zero-order chi connectivity index (χ0) is 19.4. The molecule has 1 aliphatic rings. The van der Waals surface area contributed by atoms with E-state index in [4.69, 9.17) is 11.6 Å². The van der Waals surface area contributed by atoms with Crippen LogP contribution in [0.25, 0.3) is 0 Å². The Labute approximate surface area is 163 Å². The van der Waals surface area contributed by atoms with Crippen molar-refractivity contribution in [3.8, 4) is 0 Å². The zero-order valence-corrected chi connectivity index (χ0v) is 16.1. The van der Waals surface area contributed by atoms with E-state index in [0.717, 1.165) is 0 Å². The van der Waals surface area contributed by atoms with E-state index in [-0.39, 0.29) is 17.6 Å². The number of carbonyl (C=O) groups excluding carboxylic acids is 1. The summed E-state index contributed by atoms with van der Waals surface area (Å²) >= 11 is 5.83. The summed E-state index contributed by atoms with van der Waals surface area (Å²) in [6.07, 6.45) is 0.921. The first-order valence-electron chi connectivity index (χ1n) is 8.62. The minimum Gasteiger partial charge on any atom is -0.326 e. The lowest BCUT2D eigenvalue weighted by Crippen LogP contribution is -2.41. The van der Waals surface area contributed by atoms with Crippen LogP contribution in [-0.2, 0) is 20.6 Å². The maximum Gasteiger partial charge on any atom is 0.227 e. The van der Waals surface area contributed by atoms with E-state index in [1.807, 2.05) is 0 Å². The van der Waals surface area contributed by atoms with Crippen molar-refractivity contribution in [1.82, 2.24) is 4.31 Å². The molecule has 1 N–H and O–H groups in total. The predicted octanol–water partition coefficient (Wildman–Crippen LogP) is 3.66. The van der Waals surface area contributed by atoms with Crippen LogP contribution in [0.3, 0.4) is 0 Å². The van der Waals surface area contributed by atoms with Gasteiger partial charge in [0, 0.05) is 29.7 Å². The van der Waals surface area contributed by atoms with E-state index < -0.39 is 15.8 Å². The lowest BCUT2D eigenvalue weighted by Gasteiger charge is -2.30. The molecule has 1 aliphatic heterocycles. The summed E-state index contributed by atoms with van der Waals surface area (Å²) in [5.74, 6) is -0.927. The van der Waals surface area contributed by atoms with Gasteiger partial charge in [0.1, 0.15) is 5.82 Å². The summed E-state index contributed by atoms with van der Waals surface area (Å²) in [5, 5.41) is 3.43. The molecule has 0 atom stereocenters. The van der Waals surface area contributed by atoms with Gasteiger partial charge < -0.3 is 5.32 Å². The molecule has 144 valence electrons. The monoisotopic (exact) mass is 410 g/mol. The predicted molar refractivity (Wildman–Crippen MR) is 103 cm³/mol. The van der Waals surface area contributed by atoms with Gasteiger partial charge in [0.15, 0.2) is 0 Å². The van der Waals surface area contributed by atoms with Crippen LogP contribution in [0.2, 0.25) is 5.02 Å². The number of halogens is 2. The fraction of sp³-hybridized carbons (Fsp3) is 0.316. The van der Waals surface area contributed by atoms with Crippen LogP contribution in [0.5, 0.6) is 0 Å². The molecule has 5 nitrogen and oxygen atoms in total. The van der Waals surface area contributed by atoms with Crippen molar-refractivity contribution in [2.45, 2.75) is 18.6 Å². The normalized spacial score (nSPS) is 16.2. The molecule has 0 aliphatic carbocycles. The fourth-order valence-corrected chi connectivity index (χ4v) is 4.75. The molecule has 8 heteroatoms. The topological polar surface area (TPSA) is 66.5 Å². The van der Waals surface area contributed by atoms with Crippen LogP contribution < -0.4 is 5.32 Å². The summed E-state index contributed by atoms with van der Waals surface area (Å²) < 4.78 is 39.5. The molecule has 0 unspecified atom stereocenters. The first kappa shape index (κ1) is 19.8. The maximum atomic E-state index is 13.0. The van der Waals surface area contributed by atoms with Gasteiger partial charge in [0.05, 0.1) is 5.75 Å². The van der Waals surface area contributed by atoms with Crippen molar-refractivity contribution in [1.29, 1.82) is 0 Å². The third-order valence-corrected chi connectivity index (χ3v) is 6.69. The van der Waals surface area contributed by atoms with E-state index in [1.165, 1.54) is 28.6 Å². The SMILES string of the molecule is O=C(Nc1ccc(Cl)cc1)C1CCN(S(=O)(=O)Cc2ccc(F)cc2)CC1. The zero-order valence-electron chi connectivity index (χ0n) is 14.6. The second-order valence-electron chi connectivity index (χ2n) is 6.55. The van der Waals surface area contributed by atoms with Crippen LogP contribution in [0.15, 0.2) is 48.5 Å². The molecule has 2 aromatic carbocycles. The highest BCUT2D eigenvalue weighted by molar-refractivity contribution is 7.88. The molecule has 0 saturated carbocycles. The summed E-state index contributed by atoms with van der Waals surface area (Å²) in [5.41, 5.74) is 1.20. The van der Waals surface area contributed by atoms with Gasteiger partial charge >= 0.3 is 0 Å². The van der Waals surface area contributed by atoms with Gasteiger partial charge in [-0.15, -0.1) is 0 Å². The van der Waals surface area contributed by atoms with Gasteiger partial charge in [0.25, 0.3) is 0 Å². The number of hydrogen-bond donors (Lipinski definition) is 1. The van der Waals surface area contributed by atoms with Gasteiger partial charge in [-0.2, -0.15) is 0 Å². The van der Waals surface area contributed by atoms with Crippen molar-refractivity contribution in [3.05, 3.63) is 64.9 Å². The van der Waals surface area contributed by atoms with Crippen LogP contribution in [0.4, 0.5) is 10.1 Å². The van der Waals surface area contributed by atoms with Crippen molar-refractivity contribution >= 4 is 33.2 Å². The number of sulfonamides is 1. The number of piperidine rings is 1. The first-order valence-corrected chi connectivity index (χ1v) is 10.6. The molecule has 1 saturated heterocycles. The van der Waals surface area contributed by atoms with Gasteiger partial charge in [-0.05, 0) is 54.8 Å². The van der Waals surface area contributed by atoms with E-state index in [1.54, 1.807) is 24.3 Å². The van der Waals surface area contributed by atoms with Crippen molar-refractivity contribution < 1.29 is 17.6 Å². The average molecular weight is 411 g/mol. The molecule has 1 fully saturated rings. The Hall–Kier alpha value is -1.96. The quantitative estimate of drug-likeness (QED) is 0.818. The number of benzene rings is 2. The van der Waals surface area contributed by atoms with Gasteiger partial charge in [-0.3, -0.25) is 4.79 Å². The molecule has 0 aromatic heterocycles. The molecular formula is C19H20ClFN2O3S. The Morgan fingerprint density at radius 2 is 1.67 bits per heavy atom. The van der Waals surface area contributed by atoms with Crippen LogP contribution in [0, 0.1) is 11.7 Å². The Kier molecular flexibility index (Phi) is 6.14. The summed E-state index contributed by atoms with van der Waals surface area (Å²) in [6.45, 7) is 0.588. The maximum absolute atomic E-state index is 13.0. The second kappa shape index (κ2) is 8.37. The Morgan fingerprint density at radius 1 is 1.07 bits per heavy atom. The average Bonchev–Trinajstić information content (AvgIpc) is 2.65. The van der Waals surface area contributed by atoms with Crippen molar-refractivity contribution in [3.63, 3.8) is 0 Å². The molecule has 3 rings (SSSR count). The number of carbonyl (C=O) groups is 1. The Bertz CT molecular complexity index is 894. The number of hydrogen-bond acceptors (Lipinski definition) is 3. The van der Waals surface area contributed by atoms with Gasteiger partial charge in [-0.25, -0.2) is 17.1 Å². The molecule has 0 radical (unpaired) electrons. The van der Waals surface area contributed by atoms with E-state index in [2.05, 4.69) is 5.32 Å². The Morgan fingerprint density at radius 3 is 2.26 bits per heavy atom. The number of nitrogens with zero attached hydrogens (tertiary/aromatic N) is 1. The first-order chi connectivity index (χ1) is 12.8. The highest BCUT2D eigenvalue weighted by Gasteiger charge is 2.31. The fourth-order valence-electron chi connectivity index (χ4n) is 3.06. The molecule has 0 bridgehead atoms. The number of rotatable bonds is 5. The third-order valence-electron chi connectivity index (χ3n) is 4.59. The lowest BCUT2D eigenvalue weighted by molar-refractivity contribution is -0.120. The molecular weight excluding hydrogens is 391 g/mol. The van der Waals surface area contributed by atoms with Crippen LogP contribution in [-0.4, -0.2) is 31.7 Å². The highest BCUT2D eigenvalue weighted by atomic mass is 35.5. The third kappa shape index (κ3) is 5.28. The molecule has 0 spiro atoms. The standard InChI is InChI=1S/C19H20ClFN2O3S/c20-16-3-7-18(8-4-16)22-19(24)15-9-11-23(12-10-15)27(25,26)13-14-1-5-17(21)6-2-14/h1-8,15H,9-13H2,(H,22,24). The van der Waals surface area contributed by atoms with E-state index >= 15 is 0 Å². The summed E-state index contributed by atoms with van der Waals surface area (Å²) in [7, 11) is -3.50. The molecule has 2 aromatic rings. The van der Waals surface area contributed by atoms with Crippen molar-refractivity contribution in [2.24, 2.45) is 5.92 Å². The summed E-state index contributed by atoms with van der Waals surface area (Å²) in [4.78, 5) is 12.4. The number of amides is 1. The largest absolute Gasteiger partial charge is 0.326 e. The molecule has 1 heterocycles. The van der Waals surface area contributed by atoms with Crippen molar-refractivity contribution in [2.75, 3.05) is 18.4 Å². The number of anilines is 1. The van der Waals surface area contributed by atoms with E-state index in [9.17, 15) is 17.6 Å². The minimum absolute atomic E-state index is 0.118. The second-order valence-corrected chi connectivity index (χ2v) is 8.96. The Balaban J connectivity index is 1.55. The van der Waals surface area contributed by atoms with E-state index in [0.29, 0.717) is 42.2 Å². The number of nitrogens with one attached hydrogen (secondary N) is 1. The van der Waals surface area contributed by atoms with Gasteiger partial charge in [-0.1, -0.05) is 23.7 Å². The molecule has 27 heavy (non-hydrogen) atoms. The van der Waals surface area contributed by atoms with Gasteiger partial charge in [0.2, 0.25) is 15.9 Å². The lowest BCUT2D eigenvalue weighted by atomic mass is 9.97. The minimum atomic E-state index is -3.50. The highest BCUT2D eigenvalue weighted by Crippen LogP contribution is 2.23. The smallest absolute Gasteiger partial charge is 0.227 e. The summed E-state index contributed by atoms with van der Waals surface area (Å²) in [6, 6.07) is 12.3. The van der Waals surface area contributed by atoms with Crippen LogP contribution >= 0.6 is 11.6 Å². The molecule has 1 amide bonds.